The normalized spacial score (nSPS) is 11.5. The molecule has 0 spiro atoms. The summed E-state index contributed by atoms with van der Waals surface area (Å²) in [5.41, 5.74) is 5.15. The molecular weight excluding hydrogens is 382 g/mol. The topological polar surface area (TPSA) is 128 Å². The second-order valence-corrected chi connectivity index (χ2v) is 6.14. The van der Waals surface area contributed by atoms with E-state index in [2.05, 4.69) is 21.2 Å². The number of halogens is 1. The zero-order valence-corrected chi connectivity index (χ0v) is 14.8. The molecule has 4 N–H and O–H groups in total. The van der Waals surface area contributed by atoms with Gasteiger partial charge in [-0.3, -0.25) is 14.9 Å². The van der Waals surface area contributed by atoms with E-state index in [1.165, 1.54) is 0 Å². The van der Waals surface area contributed by atoms with Crippen molar-refractivity contribution in [3.8, 4) is 0 Å². The first-order valence-electron chi connectivity index (χ1n) is 7.03. The van der Waals surface area contributed by atoms with Crippen molar-refractivity contribution in [3.05, 3.63) is 34.3 Å². The third-order valence-electron chi connectivity index (χ3n) is 2.92. The molecule has 0 aliphatic carbocycles. The quantitative estimate of drug-likeness (QED) is 0.613. The summed E-state index contributed by atoms with van der Waals surface area (Å²) >= 11 is 3.27. The molecule has 1 rings (SSSR count). The Labute approximate surface area is 147 Å². The number of urea groups is 1. The van der Waals surface area contributed by atoms with Crippen LogP contribution in [-0.2, 0) is 14.3 Å². The van der Waals surface area contributed by atoms with E-state index in [9.17, 15) is 19.2 Å². The maximum atomic E-state index is 12.2. The first-order valence-corrected chi connectivity index (χ1v) is 7.82. The predicted molar refractivity (Wildman–Crippen MR) is 88.9 cm³/mol. The van der Waals surface area contributed by atoms with Crippen molar-refractivity contribution in [2.45, 2.75) is 19.9 Å². The zero-order valence-electron chi connectivity index (χ0n) is 13.2. The Morgan fingerprint density at radius 3 is 2.25 bits per heavy atom. The molecule has 0 heterocycles. The molecule has 0 fully saturated rings. The summed E-state index contributed by atoms with van der Waals surface area (Å²) in [7, 11) is 0. The molecule has 24 heavy (non-hydrogen) atoms. The lowest BCUT2D eigenvalue weighted by Crippen LogP contribution is -2.46. The van der Waals surface area contributed by atoms with Crippen LogP contribution in [0.25, 0.3) is 0 Å². The molecule has 1 aromatic rings. The summed E-state index contributed by atoms with van der Waals surface area (Å²) in [6, 6.07) is 4.62. The lowest BCUT2D eigenvalue weighted by molar-refractivity contribution is -0.151. The number of carbonyl (C=O) groups is 4. The predicted octanol–water partition coefficient (Wildman–Crippen LogP) is 0.942. The van der Waals surface area contributed by atoms with E-state index in [1.54, 1.807) is 43.4 Å². The van der Waals surface area contributed by atoms with Gasteiger partial charge in [0.2, 0.25) is 0 Å². The van der Waals surface area contributed by atoms with Crippen LogP contribution in [0.3, 0.4) is 0 Å². The number of amides is 4. The maximum Gasteiger partial charge on any atom is 0.329 e. The molecule has 0 radical (unpaired) electrons. The van der Waals surface area contributed by atoms with Crippen molar-refractivity contribution in [2.24, 2.45) is 11.7 Å². The van der Waals surface area contributed by atoms with Crippen LogP contribution in [0.5, 0.6) is 0 Å². The molecule has 0 aromatic heterocycles. The smallest absolute Gasteiger partial charge is 0.329 e. The number of rotatable bonds is 6. The fourth-order valence-corrected chi connectivity index (χ4v) is 1.99. The van der Waals surface area contributed by atoms with Gasteiger partial charge in [-0.05, 0) is 30.2 Å². The van der Waals surface area contributed by atoms with Gasteiger partial charge in [0.15, 0.2) is 6.61 Å². The number of ether oxygens (including phenoxy) is 1. The summed E-state index contributed by atoms with van der Waals surface area (Å²) < 4.78 is 5.62. The summed E-state index contributed by atoms with van der Waals surface area (Å²) in [4.78, 5) is 46.0. The molecule has 0 unspecified atom stereocenters. The maximum absolute atomic E-state index is 12.2. The largest absolute Gasteiger partial charge is 0.454 e. The number of esters is 1. The molecule has 4 amide bonds. The van der Waals surface area contributed by atoms with Crippen molar-refractivity contribution in [2.75, 3.05) is 6.61 Å². The summed E-state index contributed by atoms with van der Waals surface area (Å²) in [5.74, 6) is -2.34. The highest BCUT2D eigenvalue weighted by Crippen LogP contribution is 2.11. The summed E-state index contributed by atoms with van der Waals surface area (Å²) in [5, 5.41) is 4.33. The van der Waals surface area contributed by atoms with Crippen LogP contribution in [0.15, 0.2) is 28.7 Å². The standard InChI is InChI=1S/C15H18BrN3O5/c1-8(2)12(14(22)24-7-11(20)18-15(17)23)19-13(21)9-3-5-10(16)6-4-9/h3-6,8,12H,7H2,1-2H3,(H,19,21)(H3,17,18,20,23)/t12-/m0/s1. The number of carbonyl (C=O) groups excluding carboxylic acids is 4. The second-order valence-electron chi connectivity index (χ2n) is 5.22. The highest BCUT2D eigenvalue weighted by atomic mass is 79.9. The van der Waals surface area contributed by atoms with E-state index in [1.807, 2.05) is 0 Å². The molecule has 9 heteroatoms. The molecular formula is C15H18BrN3O5. The van der Waals surface area contributed by atoms with Crippen molar-refractivity contribution >= 4 is 39.7 Å². The minimum absolute atomic E-state index is 0.268. The van der Waals surface area contributed by atoms with Crippen molar-refractivity contribution in [1.82, 2.24) is 10.6 Å². The molecule has 0 aliphatic heterocycles. The first-order chi connectivity index (χ1) is 11.2. The Morgan fingerprint density at radius 2 is 1.75 bits per heavy atom. The average molecular weight is 400 g/mol. The fourth-order valence-electron chi connectivity index (χ4n) is 1.72. The highest BCUT2D eigenvalue weighted by Gasteiger charge is 2.26. The number of hydrogen-bond donors (Lipinski definition) is 3. The molecule has 130 valence electrons. The van der Waals surface area contributed by atoms with E-state index in [4.69, 9.17) is 10.5 Å². The van der Waals surface area contributed by atoms with Crippen LogP contribution in [-0.4, -0.2) is 36.5 Å². The van der Waals surface area contributed by atoms with Crippen LogP contribution in [0.1, 0.15) is 24.2 Å². The minimum atomic E-state index is -1.04. The Bertz CT molecular complexity index is 631. The Hall–Kier alpha value is -2.42. The van der Waals surface area contributed by atoms with Gasteiger partial charge in [0.05, 0.1) is 0 Å². The van der Waals surface area contributed by atoms with Crippen LogP contribution < -0.4 is 16.4 Å². The summed E-state index contributed by atoms with van der Waals surface area (Å²) in [6.07, 6.45) is 0. The second kappa shape index (κ2) is 9.02. The van der Waals surface area contributed by atoms with E-state index in [0.29, 0.717) is 5.56 Å². The lowest BCUT2D eigenvalue weighted by atomic mass is 10.0. The Morgan fingerprint density at radius 1 is 1.17 bits per heavy atom. The van der Waals surface area contributed by atoms with Gasteiger partial charge >= 0.3 is 12.0 Å². The van der Waals surface area contributed by atoms with E-state index in [0.717, 1.165) is 4.47 Å². The third kappa shape index (κ3) is 6.37. The van der Waals surface area contributed by atoms with E-state index >= 15 is 0 Å². The monoisotopic (exact) mass is 399 g/mol. The number of benzene rings is 1. The molecule has 0 bridgehead atoms. The van der Waals surface area contributed by atoms with Gasteiger partial charge in [0.25, 0.3) is 11.8 Å². The molecule has 8 nitrogen and oxygen atoms in total. The van der Waals surface area contributed by atoms with Gasteiger partial charge in [-0.1, -0.05) is 29.8 Å². The number of primary amides is 1. The van der Waals surface area contributed by atoms with Crippen LogP contribution in [0.2, 0.25) is 0 Å². The van der Waals surface area contributed by atoms with Gasteiger partial charge in [0, 0.05) is 10.0 Å². The van der Waals surface area contributed by atoms with Gasteiger partial charge in [-0.2, -0.15) is 0 Å². The first kappa shape index (κ1) is 19.6. The molecule has 0 aliphatic rings. The van der Waals surface area contributed by atoms with Crippen molar-refractivity contribution < 1.29 is 23.9 Å². The van der Waals surface area contributed by atoms with Crippen molar-refractivity contribution in [3.63, 3.8) is 0 Å². The summed E-state index contributed by atoms with van der Waals surface area (Å²) in [6.45, 7) is 2.77. The number of hydrogen-bond acceptors (Lipinski definition) is 5. The average Bonchev–Trinajstić information content (AvgIpc) is 2.49. The van der Waals surface area contributed by atoms with Gasteiger partial charge < -0.3 is 15.8 Å². The number of imide groups is 1. The SMILES string of the molecule is CC(C)[C@H](NC(=O)c1ccc(Br)cc1)C(=O)OCC(=O)NC(N)=O. The zero-order chi connectivity index (χ0) is 18.3. The van der Waals surface area contributed by atoms with Crippen LogP contribution in [0.4, 0.5) is 4.79 Å². The molecule has 0 saturated heterocycles. The van der Waals surface area contributed by atoms with Gasteiger partial charge in [0.1, 0.15) is 6.04 Å². The number of nitrogens with two attached hydrogens (primary N) is 1. The molecule has 0 saturated carbocycles. The third-order valence-corrected chi connectivity index (χ3v) is 3.45. The Balaban J connectivity index is 2.67. The highest BCUT2D eigenvalue weighted by molar-refractivity contribution is 9.10. The van der Waals surface area contributed by atoms with Gasteiger partial charge in [-0.15, -0.1) is 0 Å². The number of nitrogens with one attached hydrogen (secondary N) is 2. The fraction of sp³-hybridized carbons (Fsp3) is 0.333. The molecule has 1 atom stereocenters. The van der Waals surface area contributed by atoms with E-state index < -0.39 is 36.5 Å². The van der Waals surface area contributed by atoms with E-state index in [-0.39, 0.29) is 5.92 Å². The minimum Gasteiger partial charge on any atom is -0.454 e. The van der Waals surface area contributed by atoms with Crippen molar-refractivity contribution in [1.29, 1.82) is 0 Å². The molecule has 1 aromatic carbocycles. The Kier molecular flexibility index (Phi) is 7.37. The van der Waals surface area contributed by atoms with Crippen LogP contribution in [0, 0.1) is 5.92 Å². The lowest BCUT2D eigenvalue weighted by Gasteiger charge is -2.20. The van der Waals surface area contributed by atoms with Crippen LogP contribution >= 0.6 is 15.9 Å². The van der Waals surface area contributed by atoms with Gasteiger partial charge in [-0.25, -0.2) is 9.59 Å².